The summed E-state index contributed by atoms with van der Waals surface area (Å²) in [5, 5.41) is 26.5. The number of rotatable bonds is 3. The molecule has 0 atom stereocenters. The van der Waals surface area contributed by atoms with Crippen LogP contribution < -0.4 is 0 Å². The van der Waals surface area contributed by atoms with Crippen molar-refractivity contribution < 1.29 is 24.9 Å². The Labute approximate surface area is 85.6 Å². The molecular formula is C10H10O5. The number of hydrogen-bond acceptors (Lipinski definition) is 3. The zero-order valence-corrected chi connectivity index (χ0v) is 8.02. The molecule has 0 aliphatic rings. The molecular weight excluding hydrogens is 200 g/mol. The molecule has 0 aliphatic heterocycles. The standard InChI is InChI=1S/C10H10O5/c1-5-2-6(9(12)13)3-7(10(14)15)8(5)4-11/h2-3,11H,4H2,1H3,(H,12,13)(H,14,15). The van der Waals surface area contributed by atoms with Gasteiger partial charge in [0.2, 0.25) is 0 Å². The first-order valence-corrected chi connectivity index (χ1v) is 4.18. The minimum atomic E-state index is -1.25. The van der Waals surface area contributed by atoms with Crippen LogP contribution in [-0.2, 0) is 6.61 Å². The van der Waals surface area contributed by atoms with Crippen molar-refractivity contribution in [1.29, 1.82) is 0 Å². The maximum atomic E-state index is 10.8. The zero-order valence-electron chi connectivity index (χ0n) is 8.02. The average Bonchev–Trinajstić information content (AvgIpc) is 2.16. The Morgan fingerprint density at radius 1 is 1.20 bits per heavy atom. The van der Waals surface area contributed by atoms with E-state index in [2.05, 4.69) is 0 Å². The fraction of sp³-hybridized carbons (Fsp3) is 0.200. The van der Waals surface area contributed by atoms with Gasteiger partial charge in [0.05, 0.1) is 17.7 Å². The Bertz CT molecular complexity index is 422. The van der Waals surface area contributed by atoms with Crippen LogP contribution in [0.15, 0.2) is 12.1 Å². The minimum absolute atomic E-state index is 0.0953. The maximum absolute atomic E-state index is 10.8. The monoisotopic (exact) mass is 210 g/mol. The van der Waals surface area contributed by atoms with Gasteiger partial charge in [-0.3, -0.25) is 0 Å². The number of benzene rings is 1. The number of carboxylic acids is 2. The van der Waals surface area contributed by atoms with Crippen molar-refractivity contribution in [2.45, 2.75) is 13.5 Å². The summed E-state index contributed by atoms with van der Waals surface area (Å²) in [6.45, 7) is 1.14. The van der Waals surface area contributed by atoms with Gasteiger partial charge in [-0.1, -0.05) is 0 Å². The quantitative estimate of drug-likeness (QED) is 0.688. The fourth-order valence-corrected chi connectivity index (χ4v) is 1.34. The first kappa shape index (κ1) is 11.2. The normalized spacial score (nSPS) is 10.0. The van der Waals surface area contributed by atoms with E-state index in [0.29, 0.717) is 5.56 Å². The smallest absolute Gasteiger partial charge is 0.336 e. The lowest BCUT2D eigenvalue weighted by Crippen LogP contribution is -2.08. The third-order valence-electron chi connectivity index (χ3n) is 2.11. The molecule has 0 fully saturated rings. The molecule has 0 bridgehead atoms. The van der Waals surface area contributed by atoms with E-state index in [-0.39, 0.29) is 16.7 Å². The van der Waals surface area contributed by atoms with Gasteiger partial charge in [-0.15, -0.1) is 0 Å². The molecule has 0 radical (unpaired) electrons. The molecule has 0 unspecified atom stereocenters. The number of aromatic carboxylic acids is 2. The first-order valence-electron chi connectivity index (χ1n) is 4.18. The summed E-state index contributed by atoms with van der Waals surface area (Å²) in [6, 6.07) is 2.38. The van der Waals surface area contributed by atoms with Crippen LogP contribution in [0.3, 0.4) is 0 Å². The summed E-state index contributed by atoms with van der Waals surface area (Å²) in [6.07, 6.45) is 0. The molecule has 0 heterocycles. The Morgan fingerprint density at radius 3 is 2.20 bits per heavy atom. The van der Waals surface area contributed by atoms with E-state index in [4.69, 9.17) is 15.3 Å². The van der Waals surface area contributed by atoms with E-state index < -0.39 is 18.5 Å². The predicted octanol–water partition coefficient (Wildman–Crippen LogP) is 0.884. The van der Waals surface area contributed by atoms with Crippen molar-refractivity contribution in [2.24, 2.45) is 0 Å². The van der Waals surface area contributed by atoms with Crippen LogP contribution in [0.5, 0.6) is 0 Å². The van der Waals surface area contributed by atoms with Gasteiger partial charge < -0.3 is 15.3 Å². The van der Waals surface area contributed by atoms with E-state index >= 15 is 0 Å². The second-order valence-corrected chi connectivity index (χ2v) is 3.09. The van der Waals surface area contributed by atoms with Crippen LogP contribution in [-0.4, -0.2) is 27.3 Å². The molecule has 80 valence electrons. The van der Waals surface area contributed by atoms with E-state index in [9.17, 15) is 9.59 Å². The average molecular weight is 210 g/mol. The van der Waals surface area contributed by atoms with Gasteiger partial charge in [0.1, 0.15) is 0 Å². The highest BCUT2D eigenvalue weighted by atomic mass is 16.4. The lowest BCUT2D eigenvalue weighted by molar-refractivity contribution is 0.0693. The van der Waals surface area contributed by atoms with E-state index in [1.54, 1.807) is 6.92 Å². The number of aryl methyl sites for hydroxylation is 1. The van der Waals surface area contributed by atoms with E-state index in [1.807, 2.05) is 0 Å². The second-order valence-electron chi connectivity index (χ2n) is 3.09. The van der Waals surface area contributed by atoms with Gasteiger partial charge in [0.25, 0.3) is 0 Å². The topological polar surface area (TPSA) is 94.8 Å². The molecule has 0 amide bonds. The summed E-state index contributed by atoms with van der Waals surface area (Å²) in [5.74, 6) is -2.43. The molecule has 15 heavy (non-hydrogen) atoms. The lowest BCUT2D eigenvalue weighted by Gasteiger charge is -2.08. The Morgan fingerprint density at radius 2 is 1.80 bits per heavy atom. The van der Waals surface area contributed by atoms with Crippen LogP contribution in [0, 0.1) is 6.92 Å². The van der Waals surface area contributed by atoms with Gasteiger partial charge in [0, 0.05) is 0 Å². The molecule has 0 saturated carbocycles. The first-order chi connectivity index (χ1) is 6.97. The van der Waals surface area contributed by atoms with Crippen molar-refractivity contribution in [2.75, 3.05) is 0 Å². The molecule has 1 aromatic rings. The molecule has 0 aromatic heterocycles. The minimum Gasteiger partial charge on any atom is -0.478 e. The number of carboxylic acid groups (broad SMARTS) is 2. The summed E-state index contributed by atoms with van der Waals surface area (Å²) in [5.41, 5.74) is 0.430. The molecule has 0 spiro atoms. The van der Waals surface area contributed by atoms with Crippen molar-refractivity contribution in [3.8, 4) is 0 Å². The Kier molecular flexibility index (Phi) is 3.06. The molecule has 5 heteroatoms. The SMILES string of the molecule is Cc1cc(C(=O)O)cc(C(=O)O)c1CO. The predicted molar refractivity (Wildman–Crippen MR) is 51.0 cm³/mol. The second kappa shape index (κ2) is 4.10. The van der Waals surface area contributed by atoms with Gasteiger partial charge in [0.15, 0.2) is 0 Å². The largest absolute Gasteiger partial charge is 0.478 e. The zero-order chi connectivity index (χ0) is 11.6. The van der Waals surface area contributed by atoms with E-state index in [1.165, 1.54) is 6.07 Å². The van der Waals surface area contributed by atoms with Crippen LogP contribution in [0.4, 0.5) is 0 Å². The molecule has 1 rings (SSSR count). The highest BCUT2D eigenvalue weighted by molar-refractivity contribution is 5.95. The Balaban J connectivity index is 3.45. The molecule has 0 saturated heterocycles. The maximum Gasteiger partial charge on any atom is 0.336 e. The molecule has 1 aromatic carbocycles. The number of aliphatic hydroxyl groups excluding tert-OH is 1. The van der Waals surface area contributed by atoms with Crippen LogP contribution in [0.1, 0.15) is 31.8 Å². The van der Waals surface area contributed by atoms with Crippen molar-refractivity contribution in [3.05, 3.63) is 34.4 Å². The number of carbonyl (C=O) groups is 2. The molecule has 0 aliphatic carbocycles. The van der Waals surface area contributed by atoms with E-state index in [0.717, 1.165) is 6.07 Å². The fourth-order valence-electron chi connectivity index (χ4n) is 1.34. The van der Waals surface area contributed by atoms with Crippen LogP contribution in [0.25, 0.3) is 0 Å². The summed E-state index contributed by atoms with van der Waals surface area (Å²) >= 11 is 0. The van der Waals surface area contributed by atoms with Crippen LogP contribution >= 0.6 is 0 Å². The summed E-state index contributed by atoms with van der Waals surface area (Å²) in [4.78, 5) is 21.5. The lowest BCUT2D eigenvalue weighted by atomic mass is 9.99. The van der Waals surface area contributed by atoms with Crippen molar-refractivity contribution in [3.63, 3.8) is 0 Å². The highest BCUT2D eigenvalue weighted by Crippen LogP contribution is 2.17. The summed E-state index contributed by atoms with van der Waals surface area (Å²) in [7, 11) is 0. The molecule has 3 N–H and O–H groups in total. The molecule has 5 nitrogen and oxygen atoms in total. The van der Waals surface area contributed by atoms with Crippen LogP contribution in [0.2, 0.25) is 0 Å². The van der Waals surface area contributed by atoms with Gasteiger partial charge in [-0.05, 0) is 30.2 Å². The van der Waals surface area contributed by atoms with Crippen molar-refractivity contribution >= 4 is 11.9 Å². The van der Waals surface area contributed by atoms with Gasteiger partial charge >= 0.3 is 11.9 Å². The highest BCUT2D eigenvalue weighted by Gasteiger charge is 2.15. The van der Waals surface area contributed by atoms with Gasteiger partial charge in [-0.25, -0.2) is 9.59 Å². The van der Waals surface area contributed by atoms with Crippen molar-refractivity contribution in [1.82, 2.24) is 0 Å². The third kappa shape index (κ3) is 2.13. The summed E-state index contributed by atoms with van der Waals surface area (Å²) < 4.78 is 0. The number of aliphatic hydroxyl groups is 1. The number of hydrogen-bond donors (Lipinski definition) is 3. The van der Waals surface area contributed by atoms with Gasteiger partial charge in [-0.2, -0.15) is 0 Å². The Hall–Kier alpha value is -1.88. The third-order valence-corrected chi connectivity index (χ3v) is 2.11.